The molecule has 0 bridgehead atoms. The summed E-state index contributed by atoms with van der Waals surface area (Å²) >= 11 is 2.96. The quantitative estimate of drug-likeness (QED) is 0.503. The van der Waals surface area contributed by atoms with Gasteiger partial charge in [-0.3, -0.25) is 4.79 Å². The monoisotopic (exact) mass is 246 g/mol. The minimum absolute atomic E-state index is 0.0101. The first-order chi connectivity index (χ1) is 6.19. The third-order valence-corrected chi connectivity index (χ3v) is 2.04. The average molecular weight is 247 g/mol. The van der Waals surface area contributed by atoms with Gasteiger partial charge in [0.15, 0.2) is 5.78 Å². The van der Waals surface area contributed by atoms with E-state index in [-0.39, 0.29) is 16.7 Å². The maximum atomic E-state index is 13.1. The Labute approximate surface area is 83.5 Å². The Morgan fingerprint density at radius 1 is 1.69 bits per heavy atom. The number of hydrogen-bond donors (Lipinski definition) is 1. The summed E-state index contributed by atoms with van der Waals surface area (Å²) in [7, 11) is 1.63. The number of halogens is 2. The first-order valence-electron chi connectivity index (χ1n) is 3.62. The van der Waals surface area contributed by atoms with E-state index >= 15 is 0 Å². The van der Waals surface area contributed by atoms with Crippen LogP contribution in [0.5, 0.6) is 0 Å². The van der Waals surface area contributed by atoms with Crippen molar-refractivity contribution in [2.24, 2.45) is 0 Å². The van der Waals surface area contributed by atoms with E-state index in [4.69, 9.17) is 0 Å². The van der Waals surface area contributed by atoms with E-state index in [1.54, 1.807) is 13.1 Å². The summed E-state index contributed by atoms with van der Waals surface area (Å²) in [5.74, 6) is -0.646. The number of aromatic nitrogens is 1. The lowest BCUT2D eigenvalue weighted by atomic mass is 10.2. The number of carbonyl (C=O) groups is 1. The summed E-state index contributed by atoms with van der Waals surface area (Å²) in [6.45, 7) is 0. The molecule has 5 heteroatoms. The fourth-order valence-electron chi connectivity index (χ4n) is 0.853. The second kappa shape index (κ2) is 4.32. The van der Waals surface area contributed by atoms with Crippen LogP contribution in [-0.2, 0) is 0 Å². The van der Waals surface area contributed by atoms with Crippen molar-refractivity contribution in [1.29, 1.82) is 0 Å². The van der Waals surface area contributed by atoms with Crippen LogP contribution in [0.4, 0.5) is 10.2 Å². The van der Waals surface area contributed by atoms with E-state index in [1.807, 2.05) is 0 Å². The van der Waals surface area contributed by atoms with Gasteiger partial charge in [0.25, 0.3) is 0 Å². The molecule has 0 aliphatic heterocycles. The standard InChI is InChI=1S/C8H8BrFN2O/c1-11-7-3-2-5(6(13)4-9)8(10)12-7/h2-3H,4H2,1H3,(H,11,12). The summed E-state index contributed by atoms with van der Waals surface area (Å²) < 4.78 is 13.1. The fraction of sp³-hybridized carbons (Fsp3) is 0.250. The van der Waals surface area contributed by atoms with Gasteiger partial charge in [0.1, 0.15) is 5.82 Å². The van der Waals surface area contributed by atoms with Gasteiger partial charge in [-0.25, -0.2) is 4.98 Å². The topological polar surface area (TPSA) is 42.0 Å². The molecule has 0 saturated heterocycles. The van der Waals surface area contributed by atoms with Crippen LogP contribution in [0.2, 0.25) is 0 Å². The molecule has 0 radical (unpaired) electrons. The zero-order chi connectivity index (χ0) is 9.84. The minimum atomic E-state index is -0.740. The number of nitrogens with zero attached hydrogens (tertiary/aromatic N) is 1. The maximum Gasteiger partial charge on any atom is 0.225 e. The lowest BCUT2D eigenvalue weighted by Crippen LogP contribution is -2.06. The Morgan fingerprint density at radius 2 is 2.38 bits per heavy atom. The van der Waals surface area contributed by atoms with Crippen LogP contribution >= 0.6 is 15.9 Å². The van der Waals surface area contributed by atoms with Crippen LogP contribution in [0.3, 0.4) is 0 Å². The summed E-state index contributed by atoms with van der Waals surface area (Å²) in [5, 5.41) is 2.78. The normalized spacial score (nSPS) is 9.77. The highest BCUT2D eigenvalue weighted by Gasteiger charge is 2.11. The molecular weight excluding hydrogens is 239 g/mol. The number of pyridine rings is 1. The lowest BCUT2D eigenvalue weighted by molar-refractivity contribution is 0.101. The van der Waals surface area contributed by atoms with Gasteiger partial charge in [-0.05, 0) is 12.1 Å². The Hall–Kier alpha value is -0.970. The molecule has 0 fully saturated rings. The number of nitrogens with one attached hydrogen (secondary N) is 1. The van der Waals surface area contributed by atoms with Crippen LogP contribution < -0.4 is 5.32 Å². The number of anilines is 1. The van der Waals surface area contributed by atoms with Crippen molar-refractivity contribution in [3.8, 4) is 0 Å². The largest absolute Gasteiger partial charge is 0.373 e. The summed E-state index contributed by atoms with van der Waals surface area (Å²) in [5.41, 5.74) is 0.0101. The van der Waals surface area contributed by atoms with E-state index < -0.39 is 5.95 Å². The molecular formula is C8H8BrFN2O. The molecule has 0 atom stereocenters. The van der Waals surface area contributed by atoms with Gasteiger partial charge >= 0.3 is 0 Å². The van der Waals surface area contributed by atoms with Gasteiger partial charge < -0.3 is 5.32 Å². The predicted octanol–water partition coefficient (Wildman–Crippen LogP) is 1.84. The zero-order valence-electron chi connectivity index (χ0n) is 6.97. The highest BCUT2D eigenvalue weighted by atomic mass is 79.9. The van der Waals surface area contributed by atoms with Gasteiger partial charge in [0, 0.05) is 7.05 Å². The summed E-state index contributed by atoms with van der Waals surface area (Å²) in [6, 6.07) is 2.97. The van der Waals surface area contributed by atoms with Crippen molar-refractivity contribution < 1.29 is 9.18 Å². The first kappa shape index (κ1) is 10.1. The Balaban J connectivity index is 3.05. The van der Waals surface area contributed by atoms with Crippen LogP contribution in [0.1, 0.15) is 10.4 Å². The molecule has 0 saturated carbocycles. The molecule has 0 aliphatic rings. The molecule has 13 heavy (non-hydrogen) atoms. The summed E-state index contributed by atoms with van der Waals surface area (Å²) in [4.78, 5) is 14.6. The molecule has 0 aliphatic carbocycles. The maximum absolute atomic E-state index is 13.1. The van der Waals surface area contributed by atoms with E-state index in [0.29, 0.717) is 5.82 Å². The minimum Gasteiger partial charge on any atom is -0.373 e. The zero-order valence-corrected chi connectivity index (χ0v) is 8.56. The molecule has 0 amide bonds. The van der Waals surface area contributed by atoms with E-state index in [0.717, 1.165) is 0 Å². The van der Waals surface area contributed by atoms with Crippen LogP contribution in [-0.4, -0.2) is 23.1 Å². The second-order valence-corrected chi connectivity index (χ2v) is 2.90. The number of alkyl halides is 1. The fourth-order valence-corrected chi connectivity index (χ4v) is 1.16. The van der Waals surface area contributed by atoms with Crippen molar-refractivity contribution in [3.63, 3.8) is 0 Å². The van der Waals surface area contributed by atoms with Gasteiger partial charge in [-0.2, -0.15) is 4.39 Å². The number of Topliss-reactive ketones (excluding diaryl/α,β-unsaturated/α-hetero) is 1. The third-order valence-electron chi connectivity index (χ3n) is 1.53. The first-order valence-corrected chi connectivity index (χ1v) is 4.74. The molecule has 1 rings (SSSR count). The molecule has 70 valence electrons. The van der Waals surface area contributed by atoms with Crippen molar-refractivity contribution in [2.45, 2.75) is 0 Å². The molecule has 0 spiro atoms. The van der Waals surface area contributed by atoms with Crippen molar-refractivity contribution in [2.75, 3.05) is 17.7 Å². The van der Waals surface area contributed by atoms with Crippen LogP contribution in [0.25, 0.3) is 0 Å². The lowest BCUT2D eigenvalue weighted by Gasteiger charge is -2.01. The smallest absolute Gasteiger partial charge is 0.225 e. The third kappa shape index (κ3) is 2.24. The molecule has 0 aromatic carbocycles. The highest BCUT2D eigenvalue weighted by Crippen LogP contribution is 2.10. The summed E-state index contributed by atoms with van der Waals surface area (Å²) in [6.07, 6.45) is 0. The Bertz CT molecular complexity index is 330. The second-order valence-electron chi connectivity index (χ2n) is 2.34. The van der Waals surface area contributed by atoms with Crippen molar-refractivity contribution >= 4 is 27.5 Å². The van der Waals surface area contributed by atoms with E-state index in [9.17, 15) is 9.18 Å². The highest BCUT2D eigenvalue weighted by molar-refractivity contribution is 9.09. The Kier molecular flexibility index (Phi) is 3.36. The number of carbonyl (C=O) groups excluding carboxylic acids is 1. The Morgan fingerprint density at radius 3 is 2.85 bits per heavy atom. The van der Waals surface area contributed by atoms with Gasteiger partial charge in [-0.15, -0.1) is 0 Å². The molecule has 1 heterocycles. The van der Waals surface area contributed by atoms with Gasteiger partial charge in [0.05, 0.1) is 10.9 Å². The molecule has 0 unspecified atom stereocenters. The van der Waals surface area contributed by atoms with Crippen LogP contribution in [0, 0.1) is 5.95 Å². The van der Waals surface area contributed by atoms with Crippen molar-refractivity contribution in [1.82, 2.24) is 4.98 Å². The average Bonchev–Trinajstić information content (AvgIpc) is 2.16. The van der Waals surface area contributed by atoms with Gasteiger partial charge in [-0.1, -0.05) is 15.9 Å². The number of rotatable bonds is 3. The number of ketones is 1. The van der Waals surface area contributed by atoms with E-state index in [2.05, 4.69) is 26.2 Å². The van der Waals surface area contributed by atoms with Crippen molar-refractivity contribution in [3.05, 3.63) is 23.6 Å². The molecule has 1 aromatic heterocycles. The SMILES string of the molecule is CNc1ccc(C(=O)CBr)c(F)n1. The predicted molar refractivity (Wildman–Crippen MR) is 51.9 cm³/mol. The number of hydrogen-bond acceptors (Lipinski definition) is 3. The van der Waals surface area contributed by atoms with Gasteiger partial charge in [0.2, 0.25) is 5.95 Å². The van der Waals surface area contributed by atoms with E-state index in [1.165, 1.54) is 6.07 Å². The molecule has 3 nitrogen and oxygen atoms in total. The molecule has 1 aromatic rings. The van der Waals surface area contributed by atoms with Crippen LogP contribution in [0.15, 0.2) is 12.1 Å². The molecule has 1 N–H and O–H groups in total.